The molecule has 1 fully saturated rings. The summed E-state index contributed by atoms with van der Waals surface area (Å²) in [5.74, 6) is 0.728. The van der Waals surface area contributed by atoms with Crippen LogP contribution >= 0.6 is 0 Å². The number of hydrogen-bond donors (Lipinski definition) is 1. The molecule has 1 aliphatic heterocycles. The summed E-state index contributed by atoms with van der Waals surface area (Å²) in [6, 6.07) is 11.0. The molecular formula is C22H24N2O4. The van der Waals surface area contributed by atoms with Gasteiger partial charge in [0.15, 0.2) is 0 Å². The molecule has 2 aromatic heterocycles. The van der Waals surface area contributed by atoms with Gasteiger partial charge in [0.1, 0.15) is 11.3 Å². The van der Waals surface area contributed by atoms with Crippen LogP contribution < -0.4 is 10.9 Å². The van der Waals surface area contributed by atoms with Crippen molar-refractivity contribution in [1.29, 1.82) is 0 Å². The molecule has 4 rings (SSSR count). The van der Waals surface area contributed by atoms with Gasteiger partial charge < -0.3 is 14.2 Å². The van der Waals surface area contributed by atoms with Gasteiger partial charge in [-0.3, -0.25) is 9.69 Å². The van der Waals surface area contributed by atoms with Crippen molar-refractivity contribution in [1.82, 2.24) is 10.2 Å². The number of hydrogen-bond acceptors (Lipinski definition) is 5. The summed E-state index contributed by atoms with van der Waals surface area (Å²) in [6.45, 7) is 3.83. The summed E-state index contributed by atoms with van der Waals surface area (Å²) in [5.41, 5.74) is 2.29. The van der Waals surface area contributed by atoms with Crippen LogP contribution in [0.3, 0.4) is 0 Å². The standard InChI is InChI=1S/C22H24N2O4/c1-2-15-7-8-18-16(12-21(25)28-20(18)11-15)14-24-9-3-6-19(24)22(26)23-13-17-5-4-10-27-17/h4-5,7-8,10-12,19H,2-3,6,9,13-14H2,1H3,(H,23,26). The number of carbonyl (C=O) groups is 1. The minimum atomic E-state index is -0.353. The molecule has 146 valence electrons. The van der Waals surface area contributed by atoms with Crippen molar-refractivity contribution in [3.8, 4) is 0 Å². The molecule has 0 spiro atoms. The topological polar surface area (TPSA) is 75.7 Å². The number of benzene rings is 1. The number of nitrogens with zero attached hydrogens (tertiary/aromatic N) is 1. The first kappa shape index (κ1) is 18.5. The predicted octanol–water partition coefficient (Wildman–Crippen LogP) is 3.23. The molecule has 1 saturated heterocycles. The summed E-state index contributed by atoms with van der Waals surface area (Å²) in [7, 11) is 0. The van der Waals surface area contributed by atoms with Crippen molar-refractivity contribution in [3.63, 3.8) is 0 Å². The molecule has 0 saturated carbocycles. The van der Waals surface area contributed by atoms with Crippen molar-refractivity contribution < 1.29 is 13.6 Å². The largest absolute Gasteiger partial charge is 0.467 e. The van der Waals surface area contributed by atoms with Crippen molar-refractivity contribution in [3.05, 3.63) is 70.0 Å². The third-order valence-electron chi connectivity index (χ3n) is 5.36. The minimum Gasteiger partial charge on any atom is -0.467 e. The average Bonchev–Trinajstić information content (AvgIpc) is 3.37. The highest BCUT2D eigenvalue weighted by Crippen LogP contribution is 2.25. The van der Waals surface area contributed by atoms with Crippen LogP contribution in [-0.2, 0) is 24.3 Å². The lowest BCUT2D eigenvalue weighted by Crippen LogP contribution is -2.42. The van der Waals surface area contributed by atoms with Gasteiger partial charge >= 0.3 is 5.63 Å². The van der Waals surface area contributed by atoms with Gasteiger partial charge in [-0.15, -0.1) is 0 Å². The third-order valence-corrected chi connectivity index (χ3v) is 5.36. The lowest BCUT2D eigenvalue weighted by molar-refractivity contribution is -0.125. The van der Waals surface area contributed by atoms with Crippen molar-refractivity contribution >= 4 is 16.9 Å². The van der Waals surface area contributed by atoms with Crippen molar-refractivity contribution in [2.45, 2.75) is 45.3 Å². The Labute approximate surface area is 163 Å². The second-order valence-corrected chi connectivity index (χ2v) is 7.20. The van der Waals surface area contributed by atoms with Gasteiger partial charge in [0, 0.05) is 18.0 Å². The zero-order valence-electron chi connectivity index (χ0n) is 15.9. The van der Waals surface area contributed by atoms with Gasteiger partial charge in [-0.05, 0) is 55.1 Å². The smallest absolute Gasteiger partial charge is 0.336 e. The third kappa shape index (κ3) is 3.87. The van der Waals surface area contributed by atoms with Gasteiger partial charge in [0.05, 0.1) is 18.8 Å². The number of aryl methyl sites for hydroxylation is 1. The molecule has 1 N–H and O–H groups in total. The Balaban J connectivity index is 1.52. The van der Waals surface area contributed by atoms with Crippen LogP contribution in [-0.4, -0.2) is 23.4 Å². The van der Waals surface area contributed by atoms with Crippen LogP contribution in [0.1, 0.15) is 36.7 Å². The fraction of sp³-hybridized carbons (Fsp3) is 0.364. The molecule has 28 heavy (non-hydrogen) atoms. The van der Waals surface area contributed by atoms with Gasteiger partial charge in [-0.1, -0.05) is 19.1 Å². The number of amides is 1. The first-order valence-corrected chi connectivity index (χ1v) is 9.74. The molecule has 3 heterocycles. The molecule has 1 atom stereocenters. The van der Waals surface area contributed by atoms with E-state index in [1.165, 1.54) is 0 Å². The summed E-state index contributed by atoms with van der Waals surface area (Å²) in [4.78, 5) is 26.9. The molecular weight excluding hydrogens is 356 g/mol. The molecule has 0 bridgehead atoms. The lowest BCUT2D eigenvalue weighted by atomic mass is 10.1. The van der Waals surface area contributed by atoms with E-state index in [1.54, 1.807) is 18.4 Å². The minimum absolute atomic E-state index is 0.00515. The zero-order chi connectivity index (χ0) is 19.5. The van der Waals surface area contributed by atoms with Crippen molar-refractivity contribution in [2.75, 3.05) is 6.54 Å². The summed E-state index contributed by atoms with van der Waals surface area (Å²) < 4.78 is 10.7. The molecule has 0 aliphatic carbocycles. The van der Waals surface area contributed by atoms with Crippen molar-refractivity contribution in [2.24, 2.45) is 0 Å². The Bertz CT molecular complexity index is 1020. The maximum absolute atomic E-state index is 12.7. The quantitative estimate of drug-likeness (QED) is 0.665. The molecule has 6 nitrogen and oxygen atoms in total. The number of fused-ring (bicyclic) bond motifs is 1. The second kappa shape index (κ2) is 8.02. The fourth-order valence-electron chi connectivity index (χ4n) is 3.86. The number of carbonyl (C=O) groups excluding carboxylic acids is 1. The van der Waals surface area contributed by atoms with Gasteiger partial charge in [0.2, 0.25) is 5.91 Å². The van der Waals surface area contributed by atoms with Crippen LogP contribution in [0.2, 0.25) is 0 Å². The van der Waals surface area contributed by atoms with Crippen LogP contribution in [0.5, 0.6) is 0 Å². The van der Waals surface area contributed by atoms with E-state index in [9.17, 15) is 9.59 Å². The molecule has 1 unspecified atom stereocenters. The van der Waals surface area contributed by atoms with Crippen LogP contribution in [0, 0.1) is 0 Å². The molecule has 1 aromatic carbocycles. The number of nitrogens with one attached hydrogen (secondary N) is 1. The van der Waals surface area contributed by atoms with Crippen LogP contribution in [0.15, 0.2) is 56.3 Å². The monoisotopic (exact) mass is 380 g/mol. The maximum Gasteiger partial charge on any atom is 0.336 e. The van der Waals surface area contributed by atoms with E-state index < -0.39 is 0 Å². The van der Waals surface area contributed by atoms with Gasteiger partial charge in [-0.2, -0.15) is 0 Å². The molecule has 0 radical (unpaired) electrons. The Hall–Kier alpha value is -2.86. The molecule has 3 aromatic rings. The van der Waals surface area contributed by atoms with Crippen LogP contribution in [0.4, 0.5) is 0 Å². The summed E-state index contributed by atoms with van der Waals surface area (Å²) >= 11 is 0. The fourth-order valence-corrected chi connectivity index (χ4v) is 3.86. The first-order valence-electron chi connectivity index (χ1n) is 9.74. The van der Waals surface area contributed by atoms with E-state index in [2.05, 4.69) is 23.2 Å². The van der Waals surface area contributed by atoms with E-state index in [1.807, 2.05) is 18.2 Å². The Kier molecular flexibility index (Phi) is 5.30. The predicted molar refractivity (Wildman–Crippen MR) is 106 cm³/mol. The maximum atomic E-state index is 12.7. The SMILES string of the molecule is CCc1ccc2c(CN3CCCC3C(=O)NCc3ccco3)cc(=O)oc2c1. The van der Waals surface area contributed by atoms with E-state index >= 15 is 0 Å². The highest BCUT2D eigenvalue weighted by molar-refractivity contribution is 5.83. The van der Waals surface area contributed by atoms with E-state index in [-0.39, 0.29) is 17.6 Å². The second-order valence-electron chi connectivity index (χ2n) is 7.20. The summed E-state index contributed by atoms with van der Waals surface area (Å²) in [5, 5.41) is 3.88. The molecule has 6 heteroatoms. The molecule has 1 aliphatic rings. The van der Waals surface area contributed by atoms with Crippen LogP contribution in [0.25, 0.3) is 11.0 Å². The summed E-state index contributed by atoms with van der Waals surface area (Å²) in [6.07, 6.45) is 4.24. The Morgan fingerprint density at radius 2 is 2.18 bits per heavy atom. The number of furan rings is 1. The van der Waals surface area contributed by atoms with E-state index in [0.29, 0.717) is 18.7 Å². The van der Waals surface area contributed by atoms with Gasteiger partial charge in [0.25, 0.3) is 0 Å². The highest BCUT2D eigenvalue weighted by atomic mass is 16.4. The Morgan fingerprint density at radius 3 is 2.96 bits per heavy atom. The van der Waals surface area contributed by atoms with E-state index in [4.69, 9.17) is 8.83 Å². The zero-order valence-corrected chi connectivity index (χ0v) is 15.9. The first-order chi connectivity index (χ1) is 13.6. The molecule has 1 amide bonds. The number of rotatable bonds is 6. The highest BCUT2D eigenvalue weighted by Gasteiger charge is 2.31. The van der Waals surface area contributed by atoms with Gasteiger partial charge in [-0.25, -0.2) is 4.79 Å². The normalized spacial score (nSPS) is 17.2. The Morgan fingerprint density at radius 1 is 1.29 bits per heavy atom. The number of likely N-dealkylation sites (tertiary alicyclic amines) is 1. The van der Waals surface area contributed by atoms with E-state index in [0.717, 1.165) is 48.1 Å². The lowest BCUT2D eigenvalue weighted by Gasteiger charge is -2.24. The average molecular weight is 380 g/mol.